The van der Waals surface area contributed by atoms with Crippen molar-refractivity contribution < 1.29 is 5.11 Å². The van der Waals surface area contributed by atoms with Gasteiger partial charge in [-0.15, -0.1) is 11.3 Å². The first-order valence-corrected chi connectivity index (χ1v) is 9.06. The maximum absolute atomic E-state index is 10.3. The fraction of sp³-hybridized carbons (Fsp3) is 0.412. The monoisotopic (exact) mass is 365 g/mol. The van der Waals surface area contributed by atoms with Crippen LogP contribution in [0.4, 0.5) is 0 Å². The first kappa shape index (κ1) is 15.2. The van der Waals surface area contributed by atoms with E-state index in [1.807, 2.05) is 35.6 Å². The molecule has 3 rings (SSSR count). The number of benzene rings is 1. The topological polar surface area (TPSA) is 23.5 Å². The Balaban J connectivity index is 1.59. The van der Waals surface area contributed by atoms with Crippen LogP contribution in [0.5, 0.6) is 0 Å². The molecule has 2 nitrogen and oxygen atoms in total. The second kappa shape index (κ2) is 6.61. The summed E-state index contributed by atoms with van der Waals surface area (Å²) in [5.74, 6) is 0. The summed E-state index contributed by atoms with van der Waals surface area (Å²) in [4.78, 5) is 4.02. The molecule has 1 aromatic carbocycles. The SMILES string of the molecule is CC1c2ccsc2CCN1CCC(O)c1ccc(Br)cc1. The van der Waals surface area contributed by atoms with E-state index in [2.05, 4.69) is 39.2 Å². The van der Waals surface area contributed by atoms with Gasteiger partial charge in [0.1, 0.15) is 0 Å². The van der Waals surface area contributed by atoms with Crippen LogP contribution in [0.15, 0.2) is 40.2 Å². The zero-order valence-electron chi connectivity index (χ0n) is 12.1. The molecule has 112 valence electrons. The lowest BCUT2D eigenvalue weighted by Crippen LogP contribution is -2.34. The minimum absolute atomic E-state index is 0.380. The van der Waals surface area contributed by atoms with E-state index in [0.717, 1.165) is 36.0 Å². The number of aliphatic hydroxyl groups is 1. The van der Waals surface area contributed by atoms with Crippen LogP contribution in [0.3, 0.4) is 0 Å². The molecule has 2 heterocycles. The first-order chi connectivity index (χ1) is 10.1. The Morgan fingerprint density at radius 3 is 2.86 bits per heavy atom. The van der Waals surface area contributed by atoms with Crippen molar-refractivity contribution in [3.63, 3.8) is 0 Å². The molecule has 0 fully saturated rings. The van der Waals surface area contributed by atoms with Gasteiger partial charge in [-0.05, 0) is 54.5 Å². The lowest BCUT2D eigenvalue weighted by atomic mass is 10.00. The molecule has 21 heavy (non-hydrogen) atoms. The first-order valence-electron chi connectivity index (χ1n) is 7.39. The van der Waals surface area contributed by atoms with Crippen molar-refractivity contribution in [2.24, 2.45) is 0 Å². The van der Waals surface area contributed by atoms with Crippen molar-refractivity contribution in [3.8, 4) is 0 Å². The molecule has 2 atom stereocenters. The summed E-state index contributed by atoms with van der Waals surface area (Å²) in [6.45, 7) is 4.31. The van der Waals surface area contributed by atoms with E-state index in [-0.39, 0.29) is 6.10 Å². The Labute approximate surface area is 138 Å². The van der Waals surface area contributed by atoms with E-state index in [1.165, 1.54) is 10.4 Å². The van der Waals surface area contributed by atoms with E-state index < -0.39 is 0 Å². The van der Waals surface area contributed by atoms with Crippen molar-refractivity contribution >= 4 is 27.3 Å². The van der Waals surface area contributed by atoms with E-state index in [1.54, 1.807) is 0 Å². The highest BCUT2D eigenvalue weighted by Gasteiger charge is 2.24. The van der Waals surface area contributed by atoms with Crippen LogP contribution in [-0.4, -0.2) is 23.1 Å². The lowest BCUT2D eigenvalue weighted by Gasteiger charge is -2.34. The summed E-state index contributed by atoms with van der Waals surface area (Å²) in [7, 11) is 0. The van der Waals surface area contributed by atoms with Crippen LogP contribution in [0.1, 0.15) is 41.5 Å². The Morgan fingerprint density at radius 2 is 2.10 bits per heavy atom. The number of thiophene rings is 1. The van der Waals surface area contributed by atoms with E-state index in [9.17, 15) is 5.11 Å². The van der Waals surface area contributed by atoms with Crippen molar-refractivity contribution in [2.45, 2.75) is 31.9 Å². The van der Waals surface area contributed by atoms with Crippen LogP contribution >= 0.6 is 27.3 Å². The maximum atomic E-state index is 10.3. The maximum Gasteiger partial charge on any atom is 0.0802 e. The summed E-state index contributed by atoms with van der Waals surface area (Å²) >= 11 is 5.30. The van der Waals surface area contributed by atoms with Crippen LogP contribution in [-0.2, 0) is 6.42 Å². The number of halogens is 1. The highest BCUT2D eigenvalue weighted by molar-refractivity contribution is 9.10. The van der Waals surface area contributed by atoms with Crippen LogP contribution in [0, 0.1) is 0 Å². The van der Waals surface area contributed by atoms with Gasteiger partial charge in [-0.2, -0.15) is 0 Å². The van der Waals surface area contributed by atoms with Crippen molar-refractivity contribution in [1.29, 1.82) is 0 Å². The highest BCUT2D eigenvalue weighted by atomic mass is 79.9. The second-order valence-electron chi connectivity index (χ2n) is 5.62. The van der Waals surface area contributed by atoms with E-state index in [0.29, 0.717) is 6.04 Å². The molecule has 2 unspecified atom stereocenters. The molecule has 0 saturated heterocycles. The van der Waals surface area contributed by atoms with Gasteiger partial charge in [0, 0.05) is 28.5 Å². The predicted molar refractivity (Wildman–Crippen MR) is 91.7 cm³/mol. The molecule has 0 saturated carbocycles. The molecular weight excluding hydrogens is 346 g/mol. The molecule has 0 radical (unpaired) electrons. The average Bonchev–Trinajstić information content (AvgIpc) is 2.96. The molecule has 1 aliphatic rings. The number of nitrogens with zero attached hydrogens (tertiary/aromatic N) is 1. The summed E-state index contributed by atoms with van der Waals surface area (Å²) in [5.41, 5.74) is 2.48. The Kier molecular flexibility index (Phi) is 4.79. The third kappa shape index (κ3) is 3.39. The number of hydrogen-bond donors (Lipinski definition) is 1. The zero-order chi connectivity index (χ0) is 14.8. The summed E-state index contributed by atoms with van der Waals surface area (Å²) < 4.78 is 1.05. The molecule has 1 N–H and O–H groups in total. The number of fused-ring (bicyclic) bond motifs is 1. The van der Waals surface area contributed by atoms with E-state index in [4.69, 9.17) is 0 Å². The van der Waals surface area contributed by atoms with Crippen LogP contribution in [0.25, 0.3) is 0 Å². The fourth-order valence-electron chi connectivity index (χ4n) is 3.01. The Morgan fingerprint density at radius 1 is 1.33 bits per heavy atom. The number of rotatable bonds is 4. The van der Waals surface area contributed by atoms with Crippen LogP contribution < -0.4 is 0 Å². The molecule has 4 heteroatoms. The Hall–Kier alpha value is -0.680. The predicted octanol–water partition coefficient (Wildman–Crippen LogP) is 4.55. The van der Waals surface area contributed by atoms with Gasteiger partial charge >= 0.3 is 0 Å². The largest absolute Gasteiger partial charge is 0.388 e. The lowest BCUT2D eigenvalue weighted by molar-refractivity contribution is 0.123. The summed E-state index contributed by atoms with van der Waals surface area (Å²) in [6.07, 6.45) is 1.55. The van der Waals surface area contributed by atoms with Gasteiger partial charge in [-0.25, -0.2) is 0 Å². The van der Waals surface area contributed by atoms with Gasteiger partial charge in [-0.3, -0.25) is 4.90 Å². The van der Waals surface area contributed by atoms with Gasteiger partial charge in [0.25, 0.3) is 0 Å². The number of hydrogen-bond acceptors (Lipinski definition) is 3. The fourth-order valence-corrected chi connectivity index (χ4v) is 4.23. The summed E-state index contributed by atoms with van der Waals surface area (Å²) in [5, 5.41) is 12.5. The highest BCUT2D eigenvalue weighted by Crippen LogP contribution is 2.33. The molecular formula is C17H20BrNOS. The standard InChI is InChI=1S/C17H20BrNOS/c1-12-15-8-11-21-17(15)7-10-19(12)9-6-16(20)13-2-4-14(18)5-3-13/h2-5,8,11-12,16,20H,6-7,9-10H2,1H3. The van der Waals surface area contributed by atoms with Crippen molar-refractivity contribution in [1.82, 2.24) is 4.90 Å². The average molecular weight is 366 g/mol. The molecule has 1 aromatic heterocycles. The molecule has 0 aliphatic carbocycles. The molecule has 0 bridgehead atoms. The van der Waals surface area contributed by atoms with Crippen molar-refractivity contribution in [3.05, 3.63) is 56.2 Å². The van der Waals surface area contributed by atoms with Gasteiger partial charge in [0.05, 0.1) is 6.10 Å². The quantitative estimate of drug-likeness (QED) is 0.858. The third-order valence-electron chi connectivity index (χ3n) is 4.35. The van der Waals surface area contributed by atoms with Crippen molar-refractivity contribution in [2.75, 3.05) is 13.1 Å². The molecule has 1 aliphatic heterocycles. The molecule has 0 amide bonds. The normalized spacial score (nSPS) is 20.2. The third-order valence-corrected chi connectivity index (χ3v) is 5.87. The minimum Gasteiger partial charge on any atom is -0.388 e. The smallest absolute Gasteiger partial charge is 0.0802 e. The van der Waals surface area contributed by atoms with Gasteiger partial charge in [0.15, 0.2) is 0 Å². The van der Waals surface area contributed by atoms with Gasteiger partial charge in [-0.1, -0.05) is 28.1 Å². The van der Waals surface area contributed by atoms with Crippen LogP contribution in [0.2, 0.25) is 0 Å². The number of aliphatic hydroxyl groups excluding tert-OH is 1. The Bertz CT molecular complexity index is 595. The van der Waals surface area contributed by atoms with E-state index >= 15 is 0 Å². The molecule has 2 aromatic rings. The van der Waals surface area contributed by atoms with Gasteiger partial charge in [0.2, 0.25) is 0 Å². The van der Waals surface area contributed by atoms with Gasteiger partial charge < -0.3 is 5.11 Å². The minimum atomic E-state index is -0.380. The summed E-state index contributed by atoms with van der Waals surface area (Å²) in [6, 6.07) is 10.7. The zero-order valence-corrected chi connectivity index (χ0v) is 14.5. The second-order valence-corrected chi connectivity index (χ2v) is 7.53. The molecule has 0 spiro atoms.